The molecule has 0 unspecified atom stereocenters. The van der Waals surface area contributed by atoms with Crippen molar-refractivity contribution in [3.8, 4) is 0 Å². The van der Waals surface area contributed by atoms with Gasteiger partial charge in [0, 0.05) is 10.8 Å². The van der Waals surface area contributed by atoms with Gasteiger partial charge in [-0.05, 0) is 37.6 Å². The number of anilines is 1. The summed E-state index contributed by atoms with van der Waals surface area (Å²) in [5.74, 6) is 0. The Hall–Kier alpha value is -2.55. The van der Waals surface area contributed by atoms with Gasteiger partial charge >= 0.3 is 6.09 Å². The van der Waals surface area contributed by atoms with E-state index in [1.807, 2.05) is 69.3 Å². The quantitative estimate of drug-likeness (QED) is 0.615. The first-order valence-corrected chi connectivity index (χ1v) is 7.34. The van der Waals surface area contributed by atoms with E-state index >= 15 is 0 Å². The maximum atomic E-state index is 12.2. The van der Waals surface area contributed by atoms with E-state index < -0.39 is 11.7 Å². The van der Waals surface area contributed by atoms with Crippen LogP contribution in [0, 0.1) is 0 Å². The van der Waals surface area contributed by atoms with Crippen molar-refractivity contribution in [2.45, 2.75) is 26.4 Å². The number of ether oxygens (including phenoxy) is 1. The summed E-state index contributed by atoms with van der Waals surface area (Å²) in [6.45, 7) is 5.56. The molecule has 0 aliphatic rings. The zero-order valence-electron chi connectivity index (χ0n) is 13.0. The van der Waals surface area contributed by atoms with Crippen molar-refractivity contribution in [2.75, 3.05) is 5.32 Å². The molecule has 0 fully saturated rings. The molecule has 1 amide bonds. The standard InChI is InChI=1S/C19H19NO2/c1-19(2,3)22-18(21)20-17-15-10-6-4-8-13(15)12-14-9-5-7-11-16(14)17/h4-12H,1-3H3,(H,20,21). The van der Waals surface area contributed by atoms with E-state index in [2.05, 4.69) is 11.4 Å². The van der Waals surface area contributed by atoms with E-state index in [-0.39, 0.29) is 0 Å². The van der Waals surface area contributed by atoms with Gasteiger partial charge in [-0.2, -0.15) is 0 Å². The Kier molecular flexibility index (Phi) is 3.49. The van der Waals surface area contributed by atoms with Crippen LogP contribution in [0.2, 0.25) is 0 Å². The lowest BCUT2D eigenvalue weighted by Crippen LogP contribution is -2.27. The summed E-state index contributed by atoms with van der Waals surface area (Å²) in [4.78, 5) is 12.2. The van der Waals surface area contributed by atoms with Gasteiger partial charge in [-0.25, -0.2) is 4.79 Å². The highest BCUT2D eigenvalue weighted by molar-refractivity contribution is 6.14. The molecule has 0 heterocycles. The molecule has 0 atom stereocenters. The molecule has 0 saturated heterocycles. The van der Waals surface area contributed by atoms with Crippen LogP contribution < -0.4 is 5.32 Å². The molecular formula is C19H19NO2. The Bertz CT molecular complexity index is 793. The number of carbonyl (C=O) groups is 1. The molecule has 3 rings (SSSR count). The van der Waals surface area contributed by atoms with Gasteiger partial charge in [0.05, 0.1) is 5.69 Å². The molecule has 22 heavy (non-hydrogen) atoms. The second-order valence-corrected chi connectivity index (χ2v) is 6.32. The van der Waals surface area contributed by atoms with Crippen LogP contribution in [-0.4, -0.2) is 11.7 Å². The van der Waals surface area contributed by atoms with Crippen molar-refractivity contribution in [1.29, 1.82) is 0 Å². The van der Waals surface area contributed by atoms with Crippen molar-refractivity contribution in [3.63, 3.8) is 0 Å². The largest absolute Gasteiger partial charge is 0.444 e. The van der Waals surface area contributed by atoms with Gasteiger partial charge in [0.2, 0.25) is 0 Å². The van der Waals surface area contributed by atoms with Crippen LogP contribution in [0.1, 0.15) is 20.8 Å². The van der Waals surface area contributed by atoms with E-state index in [1.165, 1.54) is 0 Å². The fraction of sp³-hybridized carbons (Fsp3) is 0.211. The number of nitrogens with one attached hydrogen (secondary N) is 1. The van der Waals surface area contributed by atoms with E-state index in [0.29, 0.717) is 0 Å². The van der Waals surface area contributed by atoms with E-state index in [1.54, 1.807) is 0 Å². The van der Waals surface area contributed by atoms with Crippen LogP contribution >= 0.6 is 0 Å². The number of rotatable bonds is 1. The Morgan fingerprint density at radius 3 is 1.91 bits per heavy atom. The highest BCUT2D eigenvalue weighted by atomic mass is 16.6. The number of hydrogen-bond donors (Lipinski definition) is 1. The molecule has 0 radical (unpaired) electrons. The second kappa shape index (κ2) is 5.34. The summed E-state index contributed by atoms with van der Waals surface area (Å²) < 4.78 is 5.39. The van der Waals surface area contributed by atoms with Gasteiger partial charge in [0.1, 0.15) is 5.60 Å². The molecule has 0 aliphatic carbocycles. The van der Waals surface area contributed by atoms with Crippen molar-refractivity contribution in [3.05, 3.63) is 54.6 Å². The fourth-order valence-electron chi connectivity index (χ4n) is 2.55. The van der Waals surface area contributed by atoms with E-state index in [9.17, 15) is 4.79 Å². The molecule has 112 valence electrons. The van der Waals surface area contributed by atoms with Crippen LogP contribution in [0.5, 0.6) is 0 Å². The fourth-order valence-corrected chi connectivity index (χ4v) is 2.55. The Balaban J connectivity index is 2.14. The van der Waals surface area contributed by atoms with E-state index in [0.717, 1.165) is 27.2 Å². The van der Waals surface area contributed by atoms with Crippen LogP contribution in [0.3, 0.4) is 0 Å². The highest BCUT2D eigenvalue weighted by Gasteiger charge is 2.18. The summed E-state index contributed by atoms with van der Waals surface area (Å²) in [6.07, 6.45) is -0.436. The molecule has 3 aromatic carbocycles. The molecule has 0 saturated carbocycles. The predicted molar refractivity (Wildman–Crippen MR) is 91.3 cm³/mol. The van der Waals surface area contributed by atoms with Crippen LogP contribution in [0.4, 0.5) is 10.5 Å². The smallest absolute Gasteiger partial charge is 0.412 e. The molecule has 3 nitrogen and oxygen atoms in total. The summed E-state index contributed by atoms with van der Waals surface area (Å²) in [6, 6.07) is 18.2. The van der Waals surface area contributed by atoms with Crippen LogP contribution in [-0.2, 0) is 4.74 Å². The number of hydrogen-bond acceptors (Lipinski definition) is 2. The summed E-state index contributed by atoms with van der Waals surface area (Å²) in [5, 5.41) is 7.12. The minimum atomic E-state index is -0.523. The summed E-state index contributed by atoms with van der Waals surface area (Å²) in [7, 11) is 0. The summed E-state index contributed by atoms with van der Waals surface area (Å²) >= 11 is 0. The maximum Gasteiger partial charge on any atom is 0.412 e. The van der Waals surface area contributed by atoms with Gasteiger partial charge in [-0.3, -0.25) is 5.32 Å². The first-order chi connectivity index (χ1) is 10.4. The third-order valence-corrected chi connectivity index (χ3v) is 3.40. The molecular weight excluding hydrogens is 274 g/mol. The van der Waals surface area contributed by atoms with E-state index in [4.69, 9.17) is 4.74 Å². The topological polar surface area (TPSA) is 38.3 Å². The number of fused-ring (bicyclic) bond motifs is 2. The Morgan fingerprint density at radius 1 is 0.909 bits per heavy atom. The van der Waals surface area contributed by atoms with Gasteiger partial charge < -0.3 is 4.74 Å². The average Bonchev–Trinajstić information content (AvgIpc) is 2.45. The van der Waals surface area contributed by atoms with Crippen molar-refractivity contribution < 1.29 is 9.53 Å². The third-order valence-electron chi connectivity index (χ3n) is 3.40. The van der Waals surface area contributed by atoms with Crippen molar-refractivity contribution in [1.82, 2.24) is 0 Å². The molecule has 3 heteroatoms. The van der Waals surface area contributed by atoms with Crippen molar-refractivity contribution in [2.24, 2.45) is 0 Å². The maximum absolute atomic E-state index is 12.2. The Morgan fingerprint density at radius 2 is 1.41 bits per heavy atom. The van der Waals surface area contributed by atoms with Crippen molar-refractivity contribution >= 4 is 33.3 Å². The number of carbonyl (C=O) groups excluding carboxylic acids is 1. The summed E-state index contributed by atoms with van der Waals surface area (Å²) in [5.41, 5.74) is 0.271. The monoisotopic (exact) mass is 293 g/mol. The first-order valence-electron chi connectivity index (χ1n) is 7.34. The van der Waals surface area contributed by atoms with Gasteiger partial charge in [-0.15, -0.1) is 0 Å². The zero-order valence-corrected chi connectivity index (χ0v) is 13.0. The first kappa shape index (κ1) is 14.4. The SMILES string of the molecule is CC(C)(C)OC(=O)Nc1c2ccccc2cc2ccccc12. The van der Waals surface area contributed by atoms with Crippen LogP contribution in [0.15, 0.2) is 54.6 Å². The molecule has 0 spiro atoms. The average molecular weight is 293 g/mol. The number of amides is 1. The third kappa shape index (κ3) is 2.89. The highest BCUT2D eigenvalue weighted by Crippen LogP contribution is 2.33. The molecule has 3 aromatic rings. The van der Waals surface area contributed by atoms with Crippen LogP contribution in [0.25, 0.3) is 21.5 Å². The van der Waals surface area contributed by atoms with Gasteiger partial charge in [0.25, 0.3) is 0 Å². The second-order valence-electron chi connectivity index (χ2n) is 6.32. The molecule has 0 bridgehead atoms. The minimum absolute atomic E-state index is 0.436. The number of benzene rings is 3. The lowest BCUT2D eigenvalue weighted by molar-refractivity contribution is 0.0636. The Labute approximate surface area is 129 Å². The molecule has 1 N–H and O–H groups in total. The minimum Gasteiger partial charge on any atom is -0.444 e. The normalized spacial score (nSPS) is 11.6. The molecule has 0 aliphatic heterocycles. The lowest BCUT2D eigenvalue weighted by atomic mass is 10.0. The zero-order chi connectivity index (χ0) is 15.7. The predicted octanol–water partition coefficient (Wildman–Crippen LogP) is 5.34. The molecule has 0 aromatic heterocycles. The van der Waals surface area contributed by atoms with Gasteiger partial charge in [0.15, 0.2) is 0 Å². The lowest BCUT2D eigenvalue weighted by Gasteiger charge is -2.20. The van der Waals surface area contributed by atoms with Gasteiger partial charge in [-0.1, -0.05) is 48.5 Å².